The van der Waals surface area contributed by atoms with Crippen molar-refractivity contribution < 1.29 is 4.92 Å². The number of benzene rings is 2. The Kier molecular flexibility index (Phi) is 5.47. The highest BCUT2D eigenvalue weighted by Crippen LogP contribution is 2.22. The zero-order chi connectivity index (χ0) is 15.2. The Bertz CT molecular complexity index is 631. The third kappa shape index (κ3) is 4.37. The minimum Gasteiger partial charge on any atom is -0.306 e. The van der Waals surface area contributed by atoms with Gasteiger partial charge in [-0.2, -0.15) is 0 Å². The van der Waals surface area contributed by atoms with Gasteiger partial charge in [-0.15, -0.1) is 0 Å². The number of nitro groups is 1. The zero-order valence-electron chi connectivity index (χ0n) is 11.8. The summed E-state index contributed by atoms with van der Waals surface area (Å²) in [5.41, 5.74) is 2.25. The quantitative estimate of drug-likeness (QED) is 0.613. The predicted molar refractivity (Wildman–Crippen MR) is 87.1 cm³/mol. The summed E-state index contributed by atoms with van der Waals surface area (Å²) in [4.78, 5) is 10.5. The molecule has 0 aliphatic carbocycles. The average molecular weight is 349 g/mol. The first-order chi connectivity index (χ1) is 10.1. The van der Waals surface area contributed by atoms with Crippen LogP contribution in [0.3, 0.4) is 0 Å². The van der Waals surface area contributed by atoms with Crippen LogP contribution in [0.5, 0.6) is 0 Å². The molecule has 2 rings (SSSR count). The summed E-state index contributed by atoms with van der Waals surface area (Å²) in [6.07, 6.45) is 0.870. The maximum Gasteiger partial charge on any atom is 0.269 e. The molecule has 110 valence electrons. The molecule has 0 amide bonds. The number of nitro benzene ring substituents is 1. The lowest BCUT2D eigenvalue weighted by Crippen LogP contribution is -2.20. The van der Waals surface area contributed by atoms with Crippen LogP contribution in [-0.4, -0.2) is 4.92 Å². The molecule has 0 saturated heterocycles. The monoisotopic (exact) mass is 348 g/mol. The number of hydrogen-bond acceptors (Lipinski definition) is 3. The van der Waals surface area contributed by atoms with Crippen LogP contribution in [0.2, 0.25) is 0 Å². The van der Waals surface area contributed by atoms with E-state index in [9.17, 15) is 10.1 Å². The van der Waals surface area contributed by atoms with Crippen LogP contribution in [0, 0.1) is 10.1 Å². The number of halogens is 1. The minimum atomic E-state index is -0.357. The van der Waals surface area contributed by atoms with E-state index in [0.29, 0.717) is 0 Å². The molecule has 2 aromatic rings. The Balaban J connectivity index is 2.09. The van der Waals surface area contributed by atoms with Crippen molar-refractivity contribution >= 4 is 21.6 Å². The highest BCUT2D eigenvalue weighted by atomic mass is 79.9. The molecule has 0 saturated carbocycles. The summed E-state index contributed by atoms with van der Waals surface area (Å²) >= 11 is 3.45. The maximum absolute atomic E-state index is 10.9. The molecule has 0 spiro atoms. The van der Waals surface area contributed by atoms with Crippen molar-refractivity contribution in [3.63, 3.8) is 0 Å². The Morgan fingerprint density at radius 1 is 1.24 bits per heavy atom. The summed E-state index contributed by atoms with van der Waals surface area (Å²) in [5.74, 6) is 0. The van der Waals surface area contributed by atoms with Crippen molar-refractivity contribution in [2.45, 2.75) is 25.9 Å². The van der Waals surface area contributed by atoms with Gasteiger partial charge in [0.1, 0.15) is 0 Å². The van der Waals surface area contributed by atoms with Gasteiger partial charge < -0.3 is 5.32 Å². The highest BCUT2D eigenvalue weighted by molar-refractivity contribution is 9.10. The van der Waals surface area contributed by atoms with Gasteiger partial charge in [0.25, 0.3) is 5.69 Å². The molecule has 2 aromatic carbocycles. The van der Waals surface area contributed by atoms with Gasteiger partial charge in [0, 0.05) is 29.2 Å². The maximum atomic E-state index is 10.9. The minimum absolute atomic E-state index is 0.101. The fourth-order valence-electron chi connectivity index (χ4n) is 2.24. The lowest BCUT2D eigenvalue weighted by molar-refractivity contribution is -0.384. The number of rotatable bonds is 6. The van der Waals surface area contributed by atoms with E-state index in [1.165, 1.54) is 11.6 Å². The van der Waals surface area contributed by atoms with Crippen molar-refractivity contribution in [1.29, 1.82) is 0 Å². The van der Waals surface area contributed by atoms with Crippen molar-refractivity contribution in [3.05, 3.63) is 74.2 Å². The topological polar surface area (TPSA) is 55.2 Å². The van der Waals surface area contributed by atoms with E-state index in [1.807, 2.05) is 18.2 Å². The van der Waals surface area contributed by atoms with Crippen LogP contribution in [0.15, 0.2) is 53.0 Å². The Morgan fingerprint density at radius 2 is 2.00 bits per heavy atom. The van der Waals surface area contributed by atoms with E-state index in [2.05, 4.69) is 40.3 Å². The molecule has 0 heterocycles. The van der Waals surface area contributed by atoms with E-state index < -0.39 is 0 Å². The average Bonchev–Trinajstić information content (AvgIpc) is 2.48. The predicted octanol–water partition coefficient (Wildman–Crippen LogP) is 4.60. The number of nitrogens with one attached hydrogen (secondary N) is 1. The Morgan fingerprint density at radius 3 is 2.67 bits per heavy atom. The van der Waals surface area contributed by atoms with Gasteiger partial charge in [-0.1, -0.05) is 47.1 Å². The molecule has 5 heteroatoms. The summed E-state index contributed by atoms with van der Waals surface area (Å²) in [6.45, 7) is 2.79. The van der Waals surface area contributed by atoms with Gasteiger partial charge in [0.05, 0.1) is 4.92 Å². The summed E-state index contributed by atoms with van der Waals surface area (Å²) in [6, 6.07) is 15.0. The van der Waals surface area contributed by atoms with E-state index in [0.717, 1.165) is 23.0 Å². The second-order valence-corrected chi connectivity index (χ2v) is 5.74. The lowest BCUT2D eigenvalue weighted by atomic mass is 10.0. The summed E-state index contributed by atoms with van der Waals surface area (Å²) in [5, 5.41) is 14.3. The van der Waals surface area contributed by atoms with Crippen LogP contribution in [0.25, 0.3) is 0 Å². The Labute approximate surface area is 132 Å². The largest absolute Gasteiger partial charge is 0.306 e. The molecule has 4 nitrogen and oxygen atoms in total. The first-order valence-electron chi connectivity index (χ1n) is 6.82. The van der Waals surface area contributed by atoms with Gasteiger partial charge in [-0.05, 0) is 29.7 Å². The molecule has 0 bridgehead atoms. The molecule has 0 radical (unpaired) electrons. The first-order valence-corrected chi connectivity index (χ1v) is 7.61. The number of non-ortho nitro benzene ring substituents is 1. The second kappa shape index (κ2) is 7.33. The number of nitrogens with zero attached hydrogens (tertiary/aromatic N) is 1. The van der Waals surface area contributed by atoms with Gasteiger partial charge in [-0.3, -0.25) is 10.1 Å². The van der Waals surface area contributed by atoms with Crippen molar-refractivity contribution in [2.75, 3.05) is 0 Å². The van der Waals surface area contributed by atoms with Gasteiger partial charge >= 0.3 is 0 Å². The molecule has 1 N–H and O–H groups in total. The molecule has 21 heavy (non-hydrogen) atoms. The summed E-state index contributed by atoms with van der Waals surface area (Å²) < 4.78 is 1.05. The zero-order valence-corrected chi connectivity index (χ0v) is 13.3. The third-order valence-corrected chi connectivity index (χ3v) is 3.83. The van der Waals surface area contributed by atoms with E-state index >= 15 is 0 Å². The molecule has 1 atom stereocenters. The molecule has 0 aliphatic rings. The smallest absolute Gasteiger partial charge is 0.269 e. The molecule has 0 aromatic heterocycles. The van der Waals surface area contributed by atoms with Gasteiger partial charge in [0.15, 0.2) is 0 Å². The van der Waals surface area contributed by atoms with Crippen LogP contribution in [0.4, 0.5) is 5.69 Å². The third-order valence-electron chi connectivity index (χ3n) is 3.33. The fourth-order valence-corrected chi connectivity index (χ4v) is 2.69. The normalized spacial score (nSPS) is 12.1. The van der Waals surface area contributed by atoms with E-state index in [-0.39, 0.29) is 16.7 Å². The van der Waals surface area contributed by atoms with Crippen LogP contribution >= 0.6 is 15.9 Å². The standard InChI is InChI=1S/C16H17BrN2O2/c1-2-16(13-6-4-8-15(10-13)19(20)21)18-11-12-5-3-7-14(17)9-12/h3-10,16,18H,2,11H2,1H3. The fraction of sp³-hybridized carbons (Fsp3) is 0.250. The van der Waals surface area contributed by atoms with E-state index in [1.54, 1.807) is 12.1 Å². The highest BCUT2D eigenvalue weighted by Gasteiger charge is 2.13. The molecule has 1 unspecified atom stereocenters. The SMILES string of the molecule is CCC(NCc1cccc(Br)c1)c1cccc([N+](=O)[O-])c1. The molecular formula is C16H17BrN2O2. The molecule has 0 fully saturated rings. The van der Waals surface area contributed by atoms with Crippen LogP contribution < -0.4 is 5.32 Å². The van der Waals surface area contributed by atoms with Gasteiger partial charge in [0.2, 0.25) is 0 Å². The lowest BCUT2D eigenvalue weighted by Gasteiger charge is -2.17. The van der Waals surface area contributed by atoms with Crippen LogP contribution in [-0.2, 0) is 6.54 Å². The Hall–Kier alpha value is -1.72. The van der Waals surface area contributed by atoms with Gasteiger partial charge in [-0.25, -0.2) is 0 Å². The molecule has 0 aliphatic heterocycles. The second-order valence-electron chi connectivity index (χ2n) is 4.82. The van der Waals surface area contributed by atoms with Crippen molar-refractivity contribution in [1.82, 2.24) is 5.32 Å². The van der Waals surface area contributed by atoms with Crippen molar-refractivity contribution in [3.8, 4) is 0 Å². The molecular weight excluding hydrogens is 332 g/mol. The summed E-state index contributed by atoms with van der Waals surface area (Å²) in [7, 11) is 0. The number of hydrogen-bond donors (Lipinski definition) is 1. The van der Waals surface area contributed by atoms with E-state index in [4.69, 9.17) is 0 Å². The van der Waals surface area contributed by atoms with Crippen molar-refractivity contribution in [2.24, 2.45) is 0 Å². The first kappa shape index (κ1) is 15.7. The van der Waals surface area contributed by atoms with Crippen LogP contribution in [0.1, 0.15) is 30.5 Å².